The van der Waals surface area contributed by atoms with Crippen molar-refractivity contribution in [3.63, 3.8) is 0 Å². The second-order valence-corrected chi connectivity index (χ2v) is 5.78. The molecule has 2 N–H and O–H groups in total. The van der Waals surface area contributed by atoms with Gasteiger partial charge in [0.25, 0.3) is 0 Å². The summed E-state index contributed by atoms with van der Waals surface area (Å²) in [6.45, 7) is 1.50. The zero-order chi connectivity index (χ0) is 18.2. The molecule has 2 heterocycles. The minimum Gasteiger partial charge on any atom is -0.496 e. The van der Waals surface area contributed by atoms with Crippen LogP contribution in [0.15, 0.2) is 53.7 Å². The predicted octanol–water partition coefficient (Wildman–Crippen LogP) is 1.69. The number of nitrogens with zero attached hydrogens (tertiary/aromatic N) is 4. The van der Waals surface area contributed by atoms with Crippen molar-refractivity contribution in [1.29, 1.82) is 0 Å². The highest BCUT2D eigenvalue weighted by Crippen LogP contribution is 2.17. The monoisotopic (exact) mass is 352 g/mol. The van der Waals surface area contributed by atoms with Crippen LogP contribution in [-0.4, -0.2) is 47.8 Å². The van der Waals surface area contributed by atoms with E-state index in [2.05, 4.69) is 31.9 Å². The van der Waals surface area contributed by atoms with Crippen LogP contribution in [0.5, 0.6) is 5.75 Å². The number of fused-ring (bicyclic) bond motifs is 1. The number of aromatic nitrogens is 3. The van der Waals surface area contributed by atoms with Crippen LogP contribution in [0.2, 0.25) is 0 Å². The molecule has 0 amide bonds. The minimum absolute atomic E-state index is 0.726. The Morgan fingerprint density at radius 2 is 1.81 bits per heavy atom. The lowest BCUT2D eigenvalue weighted by Crippen LogP contribution is -2.39. The number of nitrogens with one attached hydrogen (secondary N) is 2. The molecule has 0 aliphatic carbocycles. The van der Waals surface area contributed by atoms with Gasteiger partial charge in [-0.25, -0.2) is 0 Å². The smallest absolute Gasteiger partial charge is 0.191 e. The lowest BCUT2D eigenvalue weighted by Gasteiger charge is -2.12. The number of benzene rings is 1. The molecule has 0 unspecified atom stereocenters. The van der Waals surface area contributed by atoms with Crippen molar-refractivity contribution in [1.82, 2.24) is 25.2 Å². The summed E-state index contributed by atoms with van der Waals surface area (Å²) in [6.07, 6.45) is 3.60. The third-order valence-corrected chi connectivity index (χ3v) is 4.13. The Hall–Kier alpha value is -3.09. The van der Waals surface area contributed by atoms with Gasteiger partial charge in [0, 0.05) is 32.8 Å². The third-order valence-electron chi connectivity index (χ3n) is 4.13. The number of pyridine rings is 1. The summed E-state index contributed by atoms with van der Waals surface area (Å²) < 4.78 is 7.38. The molecule has 1 aromatic carbocycles. The van der Waals surface area contributed by atoms with Gasteiger partial charge in [-0.3, -0.25) is 9.39 Å². The van der Waals surface area contributed by atoms with Gasteiger partial charge in [-0.1, -0.05) is 24.3 Å². The number of methoxy groups -OCH3 is 1. The summed E-state index contributed by atoms with van der Waals surface area (Å²) in [4.78, 5) is 4.26. The van der Waals surface area contributed by atoms with Crippen LogP contribution < -0.4 is 15.4 Å². The normalized spacial score (nSPS) is 11.5. The first-order valence-electron chi connectivity index (χ1n) is 8.67. The Labute approximate surface area is 153 Å². The van der Waals surface area contributed by atoms with Crippen LogP contribution in [0.25, 0.3) is 5.65 Å². The van der Waals surface area contributed by atoms with Crippen molar-refractivity contribution < 1.29 is 4.74 Å². The number of aliphatic imine (C=N–C) groups is 1. The number of hydrogen-bond acceptors (Lipinski definition) is 4. The lowest BCUT2D eigenvalue weighted by atomic mass is 10.1. The Kier molecular flexibility index (Phi) is 6.03. The summed E-state index contributed by atoms with van der Waals surface area (Å²) in [5, 5.41) is 15.0. The molecule has 0 atom stereocenters. The number of hydrogen-bond donors (Lipinski definition) is 2. The fourth-order valence-electron chi connectivity index (χ4n) is 2.80. The zero-order valence-corrected chi connectivity index (χ0v) is 15.1. The van der Waals surface area contributed by atoms with Gasteiger partial charge in [0.15, 0.2) is 11.6 Å². The molecule has 0 saturated heterocycles. The molecule has 2 aromatic heterocycles. The standard InChI is InChI=1S/C19H24N6O/c1-20-19(21-12-10-15-7-3-4-8-16(15)26-2)22-13-11-18-24-23-17-9-5-6-14-25(17)18/h3-9,14H,10-13H2,1-2H3,(H2,20,21,22). The van der Waals surface area contributed by atoms with Gasteiger partial charge in [0.1, 0.15) is 11.6 Å². The molecular weight excluding hydrogens is 328 g/mol. The van der Waals surface area contributed by atoms with E-state index in [1.165, 1.54) is 5.56 Å². The van der Waals surface area contributed by atoms with Gasteiger partial charge in [-0.15, -0.1) is 10.2 Å². The minimum atomic E-state index is 0.726. The van der Waals surface area contributed by atoms with E-state index in [1.807, 2.05) is 47.0 Å². The van der Waals surface area contributed by atoms with Crippen LogP contribution in [0.4, 0.5) is 0 Å². The second kappa shape index (κ2) is 8.84. The van der Waals surface area contributed by atoms with E-state index in [0.29, 0.717) is 0 Å². The van der Waals surface area contributed by atoms with Crippen molar-refractivity contribution >= 4 is 11.6 Å². The van der Waals surface area contributed by atoms with Crippen molar-refractivity contribution in [3.05, 3.63) is 60.0 Å². The quantitative estimate of drug-likeness (QED) is 0.500. The van der Waals surface area contributed by atoms with Crippen LogP contribution in [0, 0.1) is 0 Å². The summed E-state index contributed by atoms with van der Waals surface area (Å²) in [7, 11) is 3.46. The molecule has 3 rings (SSSR count). The van der Waals surface area contributed by atoms with Crippen molar-refractivity contribution in [2.24, 2.45) is 4.99 Å². The fourth-order valence-corrected chi connectivity index (χ4v) is 2.80. The lowest BCUT2D eigenvalue weighted by molar-refractivity contribution is 0.409. The van der Waals surface area contributed by atoms with E-state index in [4.69, 9.17) is 4.74 Å². The molecule has 7 heteroatoms. The molecule has 0 radical (unpaired) electrons. The van der Waals surface area contributed by atoms with Gasteiger partial charge in [0.2, 0.25) is 0 Å². The summed E-state index contributed by atoms with van der Waals surface area (Å²) in [5.41, 5.74) is 2.04. The topological polar surface area (TPSA) is 75.8 Å². The maximum atomic E-state index is 5.38. The average molecular weight is 352 g/mol. The third kappa shape index (κ3) is 4.30. The van der Waals surface area contributed by atoms with Crippen LogP contribution in [-0.2, 0) is 12.8 Å². The van der Waals surface area contributed by atoms with E-state index >= 15 is 0 Å². The summed E-state index contributed by atoms with van der Waals surface area (Å²) >= 11 is 0. The highest BCUT2D eigenvalue weighted by molar-refractivity contribution is 5.79. The van der Waals surface area contributed by atoms with Crippen LogP contribution in [0.3, 0.4) is 0 Å². The Morgan fingerprint density at radius 3 is 2.62 bits per heavy atom. The molecule has 0 bridgehead atoms. The first kappa shape index (κ1) is 17.7. The highest BCUT2D eigenvalue weighted by Gasteiger charge is 2.05. The van der Waals surface area contributed by atoms with Gasteiger partial charge < -0.3 is 15.4 Å². The van der Waals surface area contributed by atoms with Gasteiger partial charge in [-0.05, 0) is 30.2 Å². The number of ether oxygens (including phenoxy) is 1. The Balaban J connectivity index is 1.46. The van der Waals surface area contributed by atoms with Gasteiger partial charge >= 0.3 is 0 Å². The summed E-state index contributed by atoms with van der Waals surface area (Å²) in [6, 6.07) is 13.9. The first-order valence-corrected chi connectivity index (χ1v) is 8.67. The molecule has 136 valence electrons. The average Bonchev–Trinajstić information content (AvgIpc) is 3.10. The van der Waals surface area contributed by atoms with Crippen molar-refractivity contribution in [2.45, 2.75) is 12.8 Å². The Bertz CT molecular complexity index is 873. The largest absolute Gasteiger partial charge is 0.496 e. The van der Waals surface area contributed by atoms with E-state index in [9.17, 15) is 0 Å². The highest BCUT2D eigenvalue weighted by atomic mass is 16.5. The maximum Gasteiger partial charge on any atom is 0.191 e. The van der Waals surface area contributed by atoms with E-state index in [0.717, 1.165) is 49.1 Å². The molecular formula is C19H24N6O. The molecule has 0 aliphatic rings. The molecule has 0 saturated carbocycles. The molecule has 0 aliphatic heterocycles. The molecule has 3 aromatic rings. The van der Waals surface area contributed by atoms with Crippen LogP contribution in [0.1, 0.15) is 11.4 Å². The SMILES string of the molecule is CN=C(NCCc1ccccc1OC)NCCc1nnc2ccccn12. The first-order chi connectivity index (χ1) is 12.8. The molecule has 7 nitrogen and oxygen atoms in total. The van der Waals surface area contributed by atoms with Crippen molar-refractivity contribution in [2.75, 3.05) is 27.2 Å². The molecule has 0 spiro atoms. The zero-order valence-electron chi connectivity index (χ0n) is 15.1. The predicted molar refractivity (Wildman–Crippen MR) is 103 cm³/mol. The molecule has 26 heavy (non-hydrogen) atoms. The fraction of sp³-hybridized carbons (Fsp3) is 0.316. The van der Waals surface area contributed by atoms with E-state index in [-0.39, 0.29) is 0 Å². The van der Waals surface area contributed by atoms with E-state index < -0.39 is 0 Å². The molecule has 0 fully saturated rings. The Morgan fingerprint density at radius 1 is 1.04 bits per heavy atom. The summed E-state index contributed by atoms with van der Waals surface area (Å²) in [5.74, 6) is 2.61. The van der Waals surface area contributed by atoms with Gasteiger partial charge in [-0.2, -0.15) is 0 Å². The van der Waals surface area contributed by atoms with Crippen molar-refractivity contribution in [3.8, 4) is 5.75 Å². The number of guanidine groups is 1. The van der Waals surface area contributed by atoms with Gasteiger partial charge in [0.05, 0.1) is 7.11 Å². The maximum absolute atomic E-state index is 5.38. The van der Waals surface area contributed by atoms with Crippen LogP contribution >= 0.6 is 0 Å². The number of rotatable bonds is 7. The second-order valence-electron chi connectivity index (χ2n) is 5.78. The number of para-hydroxylation sites is 1. The van der Waals surface area contributed by atoms with E-state index in [1.54, 1.807) is 14.2 Å².